The van der Waals surface area contributed by atoms with Gasteiger partial charge in [0.2, 0.25) is 0 Å². The molecule has 2 N–H and O–H groups in total. The largest absolute Gasteiger partial charge is 0.497 e. The van der Waals surface area contributed by atoms with Crippen LogP contribution >= 0.6 is 0 Å². The smallest absolute Gasteiger partial charge is 0.272 e. The van der Waals surface area contributed by atoms with Gasteiger partial charge in [-0.15, -0.1) is 0 Å². The lowest BCUT2D eigenvalue weighted by atomic mass is 10.1. The number of hydrogen-bond donors (Lipinski definition) is 2. The number of fused-ring (bicyclic) bond motifs is 1. The van der Waals surface area contributed by atoms with Gasteiger partial charge in [-0.2, -0.15) is 0 Å². The van der Waals surface area contributed by atoms with Gasteiger partial charge in [0.1, 0.15) is 11.4 Å². The fourth-order valence-electron chi connectivity index (χ4n) is 4.86. The Labute approximate surface area is 210 Å². The van der Waals surface area contributed by atoms with Crippen molar-refractivity contribution in [2.24, 2.45) is 0 Å². The molecule has 2 aliphatic heterocycles. The first-order valence-corrected chi connectivity index (χ1v) is 12.4. The Kier molecular flexibility index (Phi) is 7.11. The van der Waals surface area contributed by atoms with Crippen LogP contribution < -0.4 is 25.3 Å². The van der Waals surface area contributed by atoms with E-state index >= 15 is 0 Å². The molecule has 3 aromatic rings. The molecule has 0 atom stereocenters. The number of morpholine rings is 1. The summed E-state index contributed by atoms with van der Waals surface area (Å²) in [5, 5.41) is 3.43. The van der Waals surface area contributed by atoms with Crippen molar-refractivity contribution < 1.29 is 14.3 Å². The van der Waals surface area contributed by atoms with Gasteiger partial charge < -0.3 is 34.5 Å². The average Bonchev–Trinajstić information content (AvgIpc) is 3.13. The van der Waals surface area contributed by atoms with Gasteiger partial charge >= 0.3 is 0 Å². The van der Waals surface area contributed by atoms with Gasteiger partial charge in [-0.05, 0) is 50.3 Å². The Balaban J connectivity index is 1.43. The molecule has 9 heteroatoms. The van der Waals surface area contributed by atoms with Gasteiger partial charge in [0.25, 0.3) is 5.91 Å². The quantitative estimate of drug-likeness (QED) is 0.567. The number of nitrogens with zero attached hydrogens (tertiary/aromatic N) is 3. The number of hydrogen-bond acceptors (Lipinski definition) is 7. The molecule has 1 aromatic heterocycles. The highest BCUT2D eigenvalue weighted by Gasteiger charge is 2.20. The number of pyridine rings is 1. The van der Waals surface area contributed by atoms with Gasteiger partial charge in [0, 0.05) is 56.2 Å². The maximum atomic E-state index is 13.2. The number of aromatic amines is 1. The Bertz CT molecular complexity index is 1280. The minimum atomic E-state index is -0.356. The molecule has 36 heavy (non-hydrogen) atoms. The number of nitrogens with one attached hydrogen (secondary N) is 2. The molecule has 0 saturated carbocycles. The van der Waals surface area contributed by atoms with Crippen LogP contribution in [-0.2, 0) is 4.74 Å². The van der Waals surface area contributed by atoms with Gasteiger partial charge in [0.15, 0.2) is 5.43 Å². The van der Waals surface area contributed by atoms with Crippen molar-refractivity contribution in [1.82, 2.24) is 9.88 Å². The van der Waals surface area contributed by atoms with Crippen LogP contribution in [0.5, 0.6) is 5.75 Å². The predicted octanol–water partition coefficient (Wildman–Crippen LogP) is 2.77. The second-order valence-electron chi connectivity index (χ2n) is 9.36. The van der Waals surface area contributed by atoms with E-state index in [4.69, 9.17) is 9.47 Å². The normalized spacial score (nSPS) is 17.2. The molecule has 1 amide bonds. The molecular formula is C27H33N5O4. The topological polar surface area (TPSA) is 90.1 Å². The van der Waals surface area contributed by atoms with Crippen LogP contribution in [0.15, 0.2) is 47.3 Å². The summed E-state index contributed by atoms with van der Waals surface area (Å²) < 4.78 is 10.9. The highest BCUT2D eigenvalue weighted by atomic mass is 16.5. The predicted molar refractivity (Wildman–Crippen MR) is 143 cm³/mol. The first kappa shape index (κ1) is 24.1. The van der Waals surface area contributed by atoms with E-state index in [1.807, 2.05) is 30.3 Å². The number of ether oxygens (including phenoxy) is 2. The highest BCUT2D eigenvalue weighted by Crippen LogP contribution is 2.30. The molecular weight excluding hydrogens is 458 g/mol. The van der Waals surface area contributed by atoms with Gasteiger partial charge in [0.05, 0.1) is 36.9 Å². The lowest BCUT2D eigenvalue weighted by Crippen LogP contribution is -2.36. The van der Waals surface area contributed by atoms with Crippen molar-refractivity contribution in [1.29, 1.82) is 0 Å². The number of benzene rings is 2. The molecule has 2 aromatic carbocycles. The number of carbonyl (C=O) groups excluding carboxylic acids is 1. The number of anilines is 3. The average molecular weight is 492 g/mol. The second kappa shape index (κ2) is 10.6. The standard InChI is InChI=1S/C27H33N5O4/c1-30-8-3-9-32(11-10-30)24-17-21(35-2)16-22-25(33)18-23(29-26(22)24)27(34)28-19-4-6-20(7-5-19)31-12-14-36-15-13-31/h4-7,16-18H,3,8-15H2,1-2H3,(H,28,34)(H,29,33). The number of likely N-dealkylation sites (N-methyl/N-ethyl adjacent to an activating group) is 1. The van der Waals surface area contributed by atoms with Crippen molar-refractivity contribution in [3.63, 3.8) is 0 Å². The van der Waals surface area contributed by atoms with Crippen LogP contribution in [0.1, 0.15) is 16.9 Å². The number of carbonyl (C=O) groups is 1. The second-order valence-corrected chi connectivity index (χ2v) is 9.36. The summed E-state index contributed by atoms with van der Waals surface area (Å²) in [7, 11) is 3.71. The zero-order valence-electron chi connectivity index (χ0n) is 20.9. The molecule has 0 radical (unpaired) electrons. The Morgan fingerprint density at radius 2 is 1.75 bits per heavy atom. The maximum Gasteiger partial charge on any atom is 0.272 e. The maximum absolute atomic E-state index is 13.2. The number of amides is 1. The van der Waals surface area contributed by atoms with Crippen molar-refractivity contribution in [3.05, 3.63) is 58.4 Å². The fourth-order valence-corrected chi connectivity index (χ4v) is 4.86. The molecule has 2 aliphatic rings. The van der Waals surface area contributed by atoms with Gasteiger partial charge in [-0.1, -0.05) is 0 Å². The zero-order valence-corrected chi connectivity index (χ0v) is 20.9. The molecule has 2 saturated heterocycles. The molecule has 9 nitrogen and oxygen atoms in total. The van der Waals surface area contributed by atoms with Crippen LogP contribution in [0.4, 0.5) is 17.1 Å². The fraction of sp³-hybridized carbons (Fsp3) is 0.407. The molecule has 190 valence electrons. The molecule has 0 bridgehead atoms. The SMILES string of the molecule is COc1cc(N2CCCN(C)CC2)c2[nH]c(C(=O)Nc3ccc(N4CCOCC4)cc3)cc(=O)c2c1. The van der Waals surface area contributed by atoms with Crippen LogP contribution in [-0.4, -0.2) is 82.4 Å². The van der Waals surface area contributed by atoms with Crippen molar-refractivity contribution in [2.75, 3.05) is 81.8 Å². The van der Waals surface area contributed by atoms with E-state index in [0.717, 1.165) is 70.3 Å². The third kappa shape index (κ3) is 5.17. The highest BCUT2D eigenvalue weighted by molar-refractivity contribution is 6.05. The first-order valence-electron chi connectivity index (χ1n) is 12.4. The third-order valence-corrected chi connectivity index (χ3v) is 6.93. The lowest BCUT2D eigenvalue weighted by molar-refractivity contribution is 0.102. The van der Waals surface area contributed by atoms with E-state index in [0.29, 0.717) is 22.3 Å². The van der Waals surface area contributed by atoms with Crippen LogP contribution in [0, 0.1) is 0 Å². The number of H-pyrrole nitrogens is 1. The van der Waals surface area contributed by atoms with Crippen LogP contribution in [0.2, 0.25) is 0 Å². The zero-order chi connectivity index (χ0) is 25.1. The number of aromatic nitrogens is 1. The van der Waals surface area contributed by atoms with E-state index in [9.17, 15) is 9.59 Å². The first-order chi connectivity index (χ1) is 17.5. The molecule has 5 rings (SSSR count). The van der Waals surface area contributed by atoms with Crippen LogP contribution in [0.25, 0.3) is 10.9 Å². The summed E-state index contributed by atoms with van der Waals surface area (Å²) in [6, 6.07) is 12.8. The monoisotopic (exact) mass is 491 g/mol. The summed E-state index contributed by atoms with van der Waals surface area (Å²) in [4.78, 5) is 36.3. The minimum absolute atomic E-state index is 0.219. The molecule has 0 aliphatic carbocycles. The summed E-state index contributed by atoms with van der Waals surface area (Å²) in [6.07, 6.45) is 1.01. The molecule has 2 fully saturated rings. The molecule has 0 spiro atoms. The summed E-state index contributed by atoms with van der Waals surface area (Å²) in [5.74, 6) is 0.267. The number of rotatable bonds is 5. The van der Waals surface area contributed by atoms with E-state index in [1.165, 1.54) is 6.07 Å². The van der Waals surface area contributed by atoms with Crippen molar-refractivity contribution in [2.45, 2.75) is 6.42 Å². The summed E-state index contributed by atoms with van der Waals surface area (Å²) in [5.41, 5.74) is 3.30. The minimum Gasteiger partial charge on any atom is -0.497 e. The van der Waals surface area contributed by atoms with Gasteiger partial charge in [-0.3, -0.25) is 9.59 Å². The summed E-state index contributed by atoms with van der Waals surface area (Å²) in [6.45, 7) is 6.77. The van der Waals surface area contributed by atoms with E-state index in [-0.39, 0.29) is 17.0 Å². The lowest BCUT2D eigenvalue weighted by Gasteiger charge is -2.28. The molecule has 3 heterocycles. The Morgan fingerprint density at radius 1 is 0.972 bits per heavy atom. The Morgan fingerprint density at radius 3 is 2.50 bits per heavy atom. The van der Waals surface area contributed by atoms with E-state index in [1.54, 1.807) is 13.2 Å². The van der Waals surface area contributed by atoms with E-state index in [2.05, 4.69) is 32.0 Å². The van der Waals surface area contributed by atoms with E-state index < -0.39 is 0 Å². The van der Waals surface area contributed by atoms with Gasteiger partial charge in [-0.25, -0.2) is 0 Å². The third-order valence-electron chi connectivity index (χ3n) is 6.93. The molecule has 0 unspecified atom stereocenters. The van der Waals surface area contributed by atoms with Crippen molar-refractivity contribution in [3.8, 4) is 5.75 Å². The summed E-state index contributed by atoms with van der Waals surface area (Å²) >= 11 is 0. The Hall–Kier alpha value is -3.56. The van der Waals surface area contributed by atoms with Crippen LogP contribution in [0.3, 0.4) is 0 Å². The van der Waals surface area contributed by atoms with Crippen molar-refractivity contribution >= 4 is 33.9 Å². The number of methoxy groups -OCH3 is 1.